The predicted octanol–water partition coefficient (Wildman–Crippen LogP) is 1.06. The highest BCUT2D eigenvalue weighted by molar-refractivity contribution is 5.89. The zero-order valence-corrected chi connectivity index (χ0v) is 15.7. The Morgan fingerprint density at radius 3 is 2.53 bits per heavy atom. The van der Waals surface area contributed by atoms with Crippen molar-refractivity contribution in [2.45, 2.75) is 19.4 Å². The monoisotopic (exact) mass is 418 g/mol. The minimum atomic E-state index is -1.73. The third kappa shape index (κ3) is 5.96. The highest BCUT2D eigenvalue weighted by atomic mass is 16.6. The van der Waals surface area contributed by atoms with Gasteiger partial charge in [0.05, 0.1) is 6.61 Å². The first-order valence-electron chi connectivity index (χ1n) is 8.63. The van der Waals surface area contributed by atoms with E-state index in [9.17, 15) is 34.5 Å². The number of phenolic OH excluding ortho intramolecular Hbond substituents is 2. The van der Waals surface area contributed by atoms with Crippen LogP contribution in [0, 0.1) is 0 Å². The molecule has 0 bridgehead atoms. The summed E-state index contributed by atoms with van der Waals surface area (Å²) >= 11 is 0. The Balaban J connectivity index is 2.17. The Kier molecular flexibility index (Phi) is 7.34. The molecule has 0 fully saturated rings. The summed E-state index contributed by atoms with van der Waals surface area (Å²) in [6.45, 7) is 1.72. The lowest BCUT2D eigenvalue weighted by Gasteiger charge is -2.11. The van der Waals surface area contributed by atoms with Gasteiger partial charge in [-0.2, -0.15) is 0 Å². The van der Waals surface area contributed by atoms with E-state index in [4.69, 9.17) is 13.9 Å². The molecule has 0 aliphatic heterocycles. The third-order valence-electron chi connectivity index (χ3n) is 3.74. The van der Waals surface area contributed by atoms with Gasteiger partial charge in [-0.15, -0.1) is 0 Å². The van der Waals surface area contributed by atoms with E-state index >= 15 is 0 Å². The van der Waals surface area contributed by atoms with Crippen molar-refractivity contribution in [2.24, 2.45) is 0 Å². The van der Waals surface area contributed by atoms with Gasteiger partial charge in [0, 0.05) is 24.1 Å². The fourth-order valence-electron chi connectivity index (χ4n) is 2.28. The number of aromatic hydroxyl groups is 2. The van der Waals surface area contributed by atoms with Gasteiger partial charge in [-0.05, 0) is 30.7 Å². The van der Waals surface area contributed by atoms with Crippen LogP contribution in [0.25, 0.3) is 6.08 Å². The van der Waals surface area contributed by atoms with Crippen molar-refractivity contribution < 1.29 is 38.8 Å². The molecule has 0 saturated heterocycles. The number of carboxylic acids is 1. The smallest absolute Gasteiger partial charge is 0.378 e. The maximum absolute atomic E-state index is 12.2. The SMILES string of the molecule is CCOc1cc(=O)c(C[C@@H](OC(=O)/C=C\c2ccc(O)c(O)c2)C(=O)O)coc1=O. The molecule has 0 saturated carbocycles. The Morgan fingerprint density at radius 2 is 1.90 bits per heavy atom. The Bertz CT molecular complexity index is 1080. The van der Waals surface area contributed by atoms with Crippen molar-refractivity contribution in [1.82, 2.24) is 0 Å². The van der Waals surface area contributed by atoms with E-state index in [0.717, 1.165) is 18.4 Å². The summed E-state index contributed by atoms with van der Waals surface area (Å²) in [6.07, 6.45) is 0.669. The summed E-state index contributed by atoms with van der Waals surface area (Å²) in [7, 11) is 0. The fraction of sp³-hybridized carbons (Fsp3) is 0.200. The van der Waals surface area contributed by atoms with Crippen LogP contribution in [0.5, 0.6) is 17.2 Å². The van der Waals surface area contributed by atoms with Gasteiger partial charge in [0.15, 0.2) is 16.9 Å². The number of phenols is 2. The third-order valence-corrected chi connectivity index (χ3v) is 3.74. The lowest BCUT2D eigenvalue weighted by molar-refractivity contribution is -0.160. The van der Waals surface area contributed by atoms with Gasteiger partial charge < -0.3 is 29.2 Å². The van der Waals surface area contributed by atoms with E-state index in [0.29, 0.717) is 5.56 Å². The second-order valence-electron chi connectivity index (χ2n) is 5.90. The van der Waals surface area contributed by atoms with E-state index in [1.807, 2.05) is 0 Å². The number of hydrogen-bond donors (Lipinski definition) is 3. The second kappa shape index (κ2) is 9.92. The van der Waals surface area contributed by atoms with Crippen molar-refractivity contribution in [3.63, 3.8) is 0 Å². The summed E-state index contributed by atoms with van der Waals surface area (Å²) in [6, 6.07) is 4.66. The Labute approximate surface area is 169 Å². The molecule has 1 heterocycles. The molecule has 0 spiro atoms. The molecule has 0 aliphatic carbocycles. The van der Waals surface area contributed by atoms with Crippen LogP contribution in [0.3, 0.4) is 0 Å². The van der Waals surface area contributed by atoms with Crippen LogP contribution in [0.2, 0.25) is 0 Å². The molecular formula is C20H18O10. The summed E-state index contributed by atoms with van der Waals surface area (Å²) in [5, 5.41) is 28.0. The molecule has 1 aromatic carbocycles. The number of carbonyl (C=O) groups excluding carboxylic acids is 1. The number of carbonyl (C=O) groups is 2. The molecule has 10 heteroatoms. The Hall–Kier alpha value is -4.08. The van der Waals surface area contributed by atoms with Gasteiger partial charge in [0.1, 0.15) is 6.26 Å². The first-order valence-corrected chi connectivity index (χ1v) is 8.63. The van der Waals surface area contributed by atoms with Crippen LogP contribution in [-0.2, 0) is 20.7 Å². The van der Waals surface area contributed by atoms with E-state index in [-0.39, 0.29) is 23.7 Å². The molecule has 30 heavy (non-hydrogen) atoms. The van der Waals surface area contributed by atoms with Crippen molar-refractivity contribution in [3.8, 4) is 17.2 Å². The highest BCUT2D eigenvalue weighted by Gasteiger charge is 2.23. The predicted molar refractivity (Wildman–Crippen MR) is 102 cm³/mol. The number of esters is 1. The first kappa shape index (κ1) is 22.2. The molecule has 1 atom stereocenters. The maximum atomic E-state index is 12.2. The molecule has 0 unspecified atom stereocenters. The van der Waals surface area contributed by atoms with Gasteiger partial charge in [0.25, 0.3) is 0 Å². The molecule has 2 rings (SSSR count). The molecule has 0 radical (unpaired) electrons. The van der Waals surface area contributed by atoms with Crippen LogP contribution in [0.4, 0.5) is 0 Å². The van der Waals surface area contributed by atoms with Crippen molar-refractivity contribution in [2.75, 3.05) is 6.61 Å². The summed E-state index contributed by atoms with van der Waals surface area (Å²) in [5.74, 6) is -3.61. The average Bonchev–Trinajstić information content (AvgIpc) is 2.82. The largest absolute Gasteiger partial charge is 0.504 e. The molecule has 3 N–H and O–H groups in total. The number of hydrogen-bond acceptors (Lipinski definition) is 9. The number of aliphatic carboxylic acids is 1. The summed E-state index contributed by atoms with van der Waals surface area (Å²) in [5.41, 5.74) is -1.49. The normalized spacial score (nSPS) is 11.8. The van der Waals surface area contributed by atoms with E-state index in [1.54, 1.807) is 6.92 Å². The molecule has 1 aromatic heterocycles. The van der Waals surface area contributed by atoms with Crippen molar-refractivity contribution in [1.29, 1.82) is 0 Å². The van der Waals surface area contributed by atoms with Crippen LogP contribution in [-0.4, -0.2) is 40.0 Å². The molecule has 10 nitrogen and oxygen atoms in total. The topological polar surface area (TPSA) is 161 Å². The van der Waals surface area contributed by atoms with Gasteiger partial charge in [-0.25, -0.2) is 14.4 Å². The van der Waals surface area contributed by atoms with E-state index in [2.05, 4.69) is 0 Å². The average molecular weight is 418 g/mol. The van der Waals surface area contributed by atoms with Crippen LogP contribution in [0.1, 0.15) is 18.1 Å². The van der Waals surface area contributed by atoms with Crippen LogP contribution in [0.15, 0.2) is 50.6 Å². The lowest BCUT2D eigenvalue weighted by atomic mass is 10.1. The number of rotatable bonds is 8. The zero-order valence-electron chi connectivity index (χ0n) is 15.7. The van der Waals surface area contributed by atoms with Gasteiger partial charge in [0.2, 0.25) is 11.9 Å². The van der Waals surface area contributed by atoms with Gasteiger partial charge >= 0.3 is 17.6 Å². The minimum Gasteiger partial charge on any atom is -0.504 e. The highest BCUT2D eigenvalue weighted by Crippen LogP contribution is 2.25. The zero-order chi connectivity index (χ0) is 22.3. The quantitative estimate of drug-likeness (QED) is 0.321. The lowest BCUT2D eigenvalue weighted by Crippen LogP contribution is -2.30. The molecule has 2 aromatic rings. The second-order valence-corrected chi connectivity index (χ2v) is 5.90. The molecule has 158 valence electrons. The maximum Gasteiger partial charge on any atom is 0.378 e. The standard InChI is InChI=1S/C20H18O10/c1-2-28-17-9-14(22)12(10-29-20(17)27)8-16(19(25)26)30-18(24)6-4-11-3-5-13(21)15(23)7-11/h3-7,9-10,16,21,23H,2,8H2,1H3,(H,25,26)/b6-4-/t16-/m1/s1. The molecule has 0 aliphatic rings. The first-order chi connectivity index (χ1) is 14.2. The number of ether oxygens (including phenoxy) is 2. The van der Waals surface area contributed by atoms with Crippen molar-refractivity contribution >= 4 is 18.0 Å². The number of benzene rings is 1. The number of carboxylic acid groups (broad SMARTS) is 1. The molecular weight excluding hydrogens is 400 g/mol. The van der Waals surface area contributed by atoms with Gasteiger partial charge in [-0.3, -0.25) is 4.79 Å². The Morgan fingerprint density at radius 1 is 1.17 bits per heavy atom. The van der Waals surface area contributed by atoms with Crippen LogP contribution < -0.4 is 15.8 Å². The van der Waals surface area contributed by atoms with E-state index in [1.165, 1.54) is 24.3 Å². The summed E-state index contributed by atoms with van der Waals surface area (Å²) < 4.78 is 14.6. The van der Waals surface area contributed by atoms with Gasteiger partial charge in [-0.1, -0.05) is 6.07 Å². The van der Waals surface area contributed by atoms with E-state index < -0.39 is 41.3 Å². The summed E-state index contributed by atoms with van der Waals surface area (Å²) in [4.78, 5) is 47.3. The van der Waals surface area contributed by atoms with Crippen molar-refractivity contribution in [3.05, 3.63) is 68.4 Å². The van der Waals surface area contributed by atoms with Crippen LogP contribution >= 0.6 is 0 Å². The minimum absolute atomic E-state index is 0.115. The molecule has 0 amide bonds. The fourth-order valence-corrected chi connectivity index (χ4v) is 2.28.